The van der Waals surface area contributed by atoms with Gasteiger partial charge >= 0.3 is 0 Å². The summed E-state index contributed by atoms with van der Waals surface area (Å²) in [7, 11) is -3.77. The summed E-state index contributed by atoms with van der Waals surface area (Å²) in [6.07, 6.45) is 2.51. The normalized spacial score (nSPS) is 13.0. The van der Waals surface area contributed by atoms with Gasteiger partial charge in [-0.25, -0.2) is 13.6 Å². The van der Waals surface area contributed by atoms with E-state index >= 15 is 0 Å². The summed E-state index contributed by atoms with van der Waals surface area (Å²) in [6, 6.07) is 3.51. The van der Waals surface area contributed by atoms with Gasteiger partial charge in [-0.3, -0.25) is 4.79 Å². The molecule has 1 amide bonds. The number of primary sulfonamides is 1. The van der Waals surface area contributed by atoms with Crippen molar-refractivity contribution in [2.45, 2.75) is 17.4 Å². The van der Waals surface area contributed by atoms with Crippen LogP contribution in [0.25, 0.3) is 0 Å². The number of carbonyl (C=O) groups excluding carboxylic acids is 1. The van der Waals surface area contributed by atoms with Gasteiger partial charge in [0.15, 0.2) is 0 Å². The Morgan fingerprint density at radius 2 is 2.15 bits per heavy atom. The summed E-state index contributed by atoms with van der Waals surface area (Å²) in [5.41, 5.74) is 6.19. The Labute approximate surface area is 130 Å². The SMILES string of the molecule is CSCC[C@H](N)C(=O)Nc1ccc(S(N)(=O)=O)cc1Br. The first-order valence-electron chi connectivity index (χ1n) is 5.63. The van der Waals surface area contributed by atoms with Crippen molar-refractivity contribution in [3.8, 4) is 0 Å². The lowest BCUT2D eigenvalue weighted by Gasteiger charge is -2.13. The Hall–Kier alpha value is -0.610. The third-order valence-corrected chi connectivity index (χ3v) is 4.71. The van der Waals surface area contributed by atoms with Crippen molar-refractivity contribution in [2.24, 2.45) is 10.9 Å². The summed E-state index contributed by atoms with van der Waals surface area (Å²) in [5.74, 6) is 0.475. The Bertz CT molecular complexity index is 593. The van der Waals surface area contributed by atoms with Gasteiger partial charge in [0.1, 0.15) is 0 Å². The molecule has 0 bridgehead atoms. The number of halogens is 1. The molecule has 0 saturated heterocycles. The van der Waals surface area contributed by atoms with E-state index in [1.807, 2.05) is 6.26 Å². The fourth-order valence-corrected chi connectivity index (χ4v) is 3.03. The van der Waals surface area contributed by atoms with E-state index in [1.54, 1.807) is 11.8 Å². The topological polar surface area (TPSA) is 115 Å². The van der Waals surface area contributed by atoms with E-state index in [2.05, 4.69) is 21.2 Å². The molecule has 20 heavy (non-hydrogen) atoms. The third-order valence-electron chi connectivity index (χ3n) is 2.50. The second-order valence-electron chi connectivity index (χ2n) is 4.06. The molecule has 0 radical (unpaired) electrons. The van der Waals surface area contributed by atoms with Crippen LogP contribution in [0.3, 0.4) is 0 Å². The van der Waals surface area contributed by atoms with Crippen molar-refractivity contribution in [2.75, 3.05) is 17.3 Å². The average Bonchev–Trinajstić information content (AvgIpc) is 2.36. The number of rotatable bonds is 6. The van der Waals surface area contributed by atoms with E-state index in [0.29, 0.717) is 16.6 Å². The molecule has 0 fully saturated rings. The first-order chi connectivity index (χ1) is 9.25. The van der Waals surface area contributed by atoms with Crippen molar-refractivity contribution in [1.29, 1.82) is 0 Å². The number of amides is 1. The highest BCUT2D eigenvalue weighted by atomic mass is 79.9. The van der Waals surface area contributed by atoms with Gasteiger partial charge < -0.3 is 11.1 Å². The molecule has 1 aromatic carbocycles. The predicted octanol–water partition coefficient (Wildman–Crippen LogP) is 1.12. The lowest BCUT2D eigenvalue weighted by Crippen LogP contribution is -2.36. The van der Waals surface area contributed by atoms with E-state index in [9.17, 15) is 13.2 Å². The van der Waals surface area contributed by atoms with Crippen LogP contribution < -0.4 is 16.2 Å². The van der Waals surface area contributed by atoms with Crippen molar-refractivity contribution >= 4 is 49.3 Å². The molecule has 112 valence electrons. The highest BCUT2D eigenvalue weighted by Gasteiger charge is 2.16. The first-order valence-corrected chi connectivity index (χ1v) is 9.36. The molecule has 9 heteroatoms. The maximum atomic E-state index is 11.8. The van der Waals surface area contributed by atoms with Gasteiger partial charge in [0.05, 0.1) is 16.6 Å². The van der Waals surface area contributed by atoms with Crippen molar-refractivity contribution in [3.63, 3.8) is 0 Å². The highest BCUT2D eigenvalue weighted by molar-refractivity contribution is 9.10. The van der Waals surface area contributed by atoms with E-state index in [-0.39, 0.29) is 10.8 Å². The van der Waals surface area contributed by atoms with Gasteiger partial charge in [-0.1, -0.05) is 0 Å². The summed E-state index contributed by atoms with van der Waals surface area (Å²) in [4.78, 5) is 11.8. The third kappa shape index (κ3) is 5.06. The molecule has 0 unspecified atom stereocenters. The standard InChI is InChI=1S/C11H16BrN3O3S2/c1-19-5-4-9(13)11(16)15-10-3-2-7(6-8(10)12)20(14,17)18/h2-3,6,9H,4-5,13H2,1H3,(H,15,16)(H2,14,17,18)/t9-/m0/s1. The lowest BCUT2D eigenvalue weighted by atomic mass is 10.2. The molecular weight excluding hydrogens is 366 g/mol. The molecule has 0 spiro atoms. The Balaban J connectivity index is 2.81. The average molecular weight is 382 g/mol. The van der Waals surface area contributed by atoms with E-state index in [1.165, 1.54) is 18.2 Å². The number of sulfonamides is 1. The predicted molar refractivity (Wildman–Crippen MR) is 85.1 cm³/mol. The molecule has 6 nitrogen and oxygen atoms in total. The molecule has 0 aliphatic carbocycles. The van der Waals surface area contributed by atoms with Crippen LogP contribution in [0.4, 0.5) is 5.69 Å². The maximum absolute atomic E-state index is 11.8. The van der Waals surface area contributed by atoms with Crippen molar-refractivity contribution in [1.82, 2.24) is 0 Å². The monoisotopic (exact) mass is 381 g/mol. The van der Waals surface area contributed by atoms with Crippen LogP contribution in [-0.2, 0) is 14.8 Å². The van der Waals surface area contributed by atoms with Gasteiger partial charge in [-0.05, 0) is 52.6 Å². The molecular formula is C11H16BrN3O3S2. The van der Waals surface area contributed by atoms with Gasteiger partial charge in [-0.2, -0.15) is 11.8 Å². The maximum Gasteiger partial charge on any atom is 0.241 e. The minimum Gasteiger partial charge on any atom is -0.324 e. The molecule has 1 aromatic rings. The number of nitrogens with two attached hydrogens (primary N) is 2. The fourth-order valence-electron chi connectivity index (χ4n) is 1.38. The van der Waals surface area contributed by atoms with Crippen molar-refractivity contribution < 1.29 is 13.2 Å². The smallest absolute Gasteiger partial charge is 0.241 e. The number of nitrogens with one attached hydrogen (secondary N) is 1. The van der Waals surface area contributed by atoms with Gasteiger partial charge in [0, 0.05) is 4.47 Å². The second kappa shape index (κ2) is 7.41. The molecule has 0 aliphatic heterocycles. The number of benzene rings is 1. The summed E-state index contributed by atoms with van der Waals surface area (Å²) < 4.78 is 22.8. The van der Waals surface area contributed by atoms with E-state index < -0.39 is 16.1 Å². The minimum absolute atomic E-state index is 0.0333. The van der Waals surface area contributed by atoms with Crippen molar-refractivity contribution in [3.05, 3.63) is 22.7 Å². The van der Waals surface area contributed by atoms with Gasteiger partial charge in [-0.15, -0.1) is 0 Å². The number of thioether (sulfide) groups is 1. The number of hydrogen-bond donors (Lipinski definition) is 3. The number of carbonyl (C=O) groups is 1. The molecule has 5 N–H and O–H groups in total. The second-order valence-corrected chi connectivity index (χ2v) is 7.47. The zero-order chi connectivity index (χ0) is 15.3. The highest BCUT2D eigenvalue weighted by Crippen LogP contribution is 2.25. The lowest BCUT2D eigenvalue weighted by molar-refractivity contribution is -0.117. The Morgan fingerprint density at radius 3 is 2.65 bits per heavy atom. The number of hydrogen-bond acceptors (Lipinski definition) is 5. The first kappa shape index (κ1) is 17.4. The molecule has 0 aliphatic rings. The molecule has 1 rings (SSSR count). The summed E-state index contributed by atoms with van der Waals surface area (Å²) in [6.45, 7) is 0. The van der Waals surface area contributed by atoms with Crippen LogP contribution in [0, 0.1) is 0 Å². The van der Waals surface area contributed by atoms with Crippen LogP contribution in [0.15, 0.2) is 27.6 Å². The molecule has 0 saturated carbocycles. The Morgan fingerprint density at radius 1 is 1.50 bits per heavy atom. The van der Waals surface area contributed by atoms with Crippen LogP contribution >= 0.6 is 27.7 Å². The fraction of sp³-hybridized carbons (Fsp3) is 0.364. The number of anilines is 1. The van der Waals surface area contributed by atoms with Crippen LogP contribution in [0.1, 0.15) is 6.42 Å². The molecule has 1 atom stereocenters. The van der Waals surface area contributed by atoms with Gasteiger partial charge in [0.25, 0.3) is 0 Å². The van der Waals surface area contributed by atoms with Crippen LogP contribution in [-0.4, -0.2) is 32.4 Å². The molecule has 0 heterocycles. The van der Waals surface area contributed by atoms with E-state index in [0.717, 1.165) is 5.75 Å². The molecule has 0 aromatic heterocycles. The quantitative estimate of drug-likeness (QED) is 0.682. The zero-order valence-corrected chi connectivity index (χ0v) is 14.0. The minimum atomic E-state index is -3.77. The zero-order valence-electron chi connectivity index (χ0n) is 10.8. The summed E-state index contributed by atoms with van der Waals surface area (Å²) in [5, 5.41) is 7.66. The van der Waals surface area contributed by atoms with E-state index in [4.69, 9.17) is 10.9 Å². The van der Waals surface area contributed by atoms with Gasteiger partial charge in [0.2, 0.25) is 15.9 Å². The van der Waals surface area contributed by atoms with Crippen LogP contribution in [0.2, 0.25) is 0 Å². The Kier molecular flexibility index (Phi) is 6.46. The largest absolute Gasteiger partial charge is 0.324 e. The van der Waals surface area contributed by atoms with Crippen LogP contribution in [0.5, 0.6) is 0 Å². The summed E-state index contributed by atoms with van der Waals surface area (Å²) >= 11 is 4.80.